The van der Waals surface area contributed by atoms with Crippen LogP contribution in [0.4, 0.5) is 0 Å². The van der Waals surface area contributed by atoms with E-state index in [4.69, 9.17) is 0 Å². The summed E-state index contributed by atoms with van der Waals surface area (Å²) in [5.41, 5.74) is 2.53. The molecule has 0 bridgehead atoms. The number of fused-ring (bicyclic) bond motifs is 1. The van der Waals surface area contributed by atoms with Gasteiger partial charge in [0.25, 0.3) is 0 Å². The summed E-state index contributed by atoms with van der Waals surface area (Å²) in [5.74, 6) is 0. The summed E-state index contributed by atoms with van der Waals surface area (Å²) in [5, 5.41) is 0.708. The molecule has 3 rings (SSSR count). The minimum atomic E-state index is 0.0578. The van der Waals surface area contributed by atoms with Crippen molar-refractivity contribution in [2.24, 2.45) is 0 Å². The van der Waals surface area contributed by atoms with Crippen molar-refractivity contribution >= 4 is 26.8 Å². The third-order valence-corrected chi connectivity index (χ3v) is 3.42. The average Bonchev–Trinajstić information content (AvgIpc) is 2.40. The fraction of sp³-hybridized carbons (Fsp3) is 0. The van der Waals surface area contributed by atoms with Gasteiger partial charge in [-0.1, -0.05) is 46.3 Å². The van der Waals surface area contributed by atoms with Gasteiger partial charge in [-0.25, -0.2) is 0 Å². The maximum atomic E-state index is 12.4. The molecule has 18 heavy (non-hydrogen) atoms. The highest BCUT2D eigenvalue weighted by atomic mass is 79.9. The zero-order valence-corrected chi connectivity index (χ0v) is 11.1. The molecule has 0 spiro atoms. The van der Waals surface area contributed by atoms with Crippen LogP contribution in [0.2, 0.25) is 0 Å². The van der Waals surface area contributed by atoms with E-state index in [9.17, 15) is 4.79 Å². The number of hydrogen-bond acceptors (Lipinski definition) is 1. The van der Waals surface area contributed by atoms with Gasteiger partial charge >= 0.3 is 0 Å². The molecule has 0 aliphatic heterocycles. The molecule has 0 fully saturated rings. The Balaban J connectivity index is 2.31. The fourth-order valence-electron chi connectivity index (χ4n) is 2.03. The van der Waals surface area contributed by atoms with Crippen LogP contribution in [0.3, 0.4) is 0 Å². The molecular formula is C15H10BrNO. The van der Waals surface area contributed by atoms with Crippen LogP contribution >= 0.6 is 15.9 Å². The molecule has 0 aliphatic rings. The molecule has 2 aromatic carbocycles. The first-order valence-electron chi connectivity index (χ1n) is 5.62. The number of halogens is 1. The summed E-state index contributed by atoms with van der Waals surface area (Å²) in [7, 11) is 0. The topological polar surface area (TPSA) is 32.9 Å². The molecule has 0 saturated heterocycles. The van der Waals surface area contributed by atoms with Crippen molar-refractivity contribution in [3.05, 3.63) is 69.4 Å². The minimum absolute atomic E-state index is 0.0578. The summed E-state index contributed by atoms with van der Waals surface area (Å²) in [4.78, 5) is 15.6. The third kappa shape index (κ3) is 1.87. The number of H-pyrrole nitrogens is 1. The van der Waals surface area contributed by atoms with Crippen LogP contribution < -0.4 is 5.43 Å². The van der Waals surface area contributed by atoms with Gasteiger partial charge in [0.15, 0.2) is 5.43 Å². The Kier molecular flexibility index (Phi) is 2.76. The first-order chi connectivity index (χ1) is 8.75. The second-order valence-electron chi connectivity index (χ2n) is 4.09. The number of rotatable bonds is 1. The van der Waals surface area contributed by atoms with Crippen molar-refractivity contribution in [2.75, 3.05) is 0 Å². The molecular weight excluding hydrogens is 290 g/mol. The number of benzene rings is 2. The predicted molar refractivity (Wildman–Crippen MR) is 77.7 cm³/mol. The standard InChI is InChI=1S/C15H10BrNO/c16-11-6-7-12-14(8-11)17-9-13(15(12)18)10-4-2-1-3-5-10/h1-9H,(H,17,18). The maximum absolute atomic E-state index is 12.4. The van der Waals surface area contributed by atoms with Crippen LogP contribution in [0.5, 0.6) is 0 Å². The van der Waals surface area contributed by atoms with Crippen molar-refractivity contribution in [3.8, 4) is 11.1 Å². The molecule has 1 N–H and O–H groups in total. The lowest BCUT2D eigenvalue weighted by Crippen LogP contribution is -2.06. The monoisotopic (exact) mass is 299 g/mol. The molecule has 1 heterocycles. The van der Waals surface area contributed by atoms with Gasteiger partial charge < -0.3 is 4.98 Å². The predicted octanol–water partition coefficient (Wildman–Crippen LogP) is 3.96. The van der Waals surface area contributed by atoms with Gasteiger partial charge in [-0.05, 0) is 23.8 Å². The van der Waals surface area contributed by atoms with Crippen LogP contribution in [0.25, 0.3) is 22.0 Å². The number of pyridine rings is 1. The van der Waals surface area contributed by atoms with Crippen molar-refractivity contribution in [1.82, 2.24) is 4.98 Å². The molecule has 0 radical (unpaired) electrons. The van der Waals surface area contributed by atoms with Crippen LogP contribution in [-0.4, -0.2) is 4.98 Å². The molecule has 0 saturated carbocycles. The first-order valence-corrected chi connectivity index (χ1v) is 6.41. The van der Waals surface area contributed by atoms with Crippen LogP contribution in [0, 0.1) is 0 Å². The Labute approximate surface area is 112 Å². The highest BCUT2D eigenvalue weighted by Gasteiger charge is 2.06. The summed E-state index contributed by atoms with van der Waals surface area (Å²) in [6.07, 6.45) is 1.77. The summed E-state index contributed by atoms with van der Waals surface area (Å²) >= 11 is 3.40. The Morgan fingerprint density at radius 3 is 2.56 bits per heavy atom. The third-order valence-electron chi connectivity index (χ3n) is 2.93. The van der Waals surface area contributed by atoms with Crippen LogP contribution in [0.1, 0.15) is 0 Å². The fourth-order valence-corrected chi connectivity index (χ4v) is 2.39. The number of aromatic nitrogens is 1. The SMILES string of the molecule is O=c1c(-c2ccccc2)c[nH]c2cc(Br)ccc12. The molecule has 3 aromatic rings. The number of aromatic amines is 1. The van der Waals surface area contributed by atoms with Crippen molar-refractivity contribution in [1.29, 1.82) is 0 Å². The molecule has 3 heteroatoms. The Morgan fingerprint density at radius 1 is 1.00 bits per heavy atom. The Morgan fingerprint density at radius 2 is 1.78 bits per heavy atom. The number of nitrogens with one attached hydrogen (secondary N) is 1. The van der Waals surface area contributed by atoms with E-state index in [1.807, 2.05) is 48.5 Å². The smallest absolute Gasteiger partial charge is 0.197 e. The Bertz CT molecular complexity index is 762. The highest BCUT2D eigenvalue weighted by molar-refractivity contribution is 9.10. The lowest BCUT2D eigenvalue weighted by atomic mass is 10.1. The van der Waals surface area contributed by atoms with E-state index in [0.717, 1.165) is 15.6 Å². The highest BCUT2D eigenvalue weighted by Crippen LogP contribution is 2.19. The molecule has 2 nitrogen and oxygen atoms in total. The first kappa shape index (κ1) is 11.2. The molecule has 88 valence electrons. The average molecular weight is 300 g/mol. The maximum Gasteiger partial charge on any atom is 0.197 e. The van der Waals surface area contributed by atoms with Crippen molar-refractivity contribution in [3.63, 3.8) is 0 Å². The van der Waals surface area contributed by atoms with E-state index in [-0.39, 0.29) is 5.43 Å². The molecule has 0 unspecified atom stereocenters. The lowest BCUT2D eigenvalue weighted by Gasteiger charge is -2.03. The van der Waals surface area contributed by atoms with Crippen molar-refractivity contribution < 1.29 is 0 Å². The molecule has 0 atom stereocenters. The summed E-state index contributed by atoms with van der Waals surface area (Å²) in [6.45, 7) is 0. The molecule has 0 amide bonds. The number of hydrogen-bond donors (Lipinski definition) is 1. The second kappa shape index (κ2) is 4.42. The quantitative estimate of drug-likeness (QED) is 0.725. The zero-order valence-electron chi connectivity index (χ0n) is 9.48. The molecule has 0 aliphatic carbocycles. The second-order valence-corrected chi connectivity index (χ2v) is 5.00. The van der Waals surface area contributed by atoms with Gasteiger partial charge in [-0.15, -0.1) is 0 Å². The van der Waals surface area contributed by atoms with Crippen molar-refractivity contribution in [2.45, 2.75) is 0 Å². The summed E-state index contributed by atoms with van der Waals surface area (Å²) < 4.78 is 0.957. The van der Waals surface area contributed by atoms with Gasteiger partial charge in [-0.2, -0.15) is 0 Å². The van der Waals surface area contributed by atoms with E-state index in [2.05, 4.69) is 20.9 Å². The van der Waals surface area contributed by atoms with Crippen LogP contribution in [0.15, 0.2) is 64.0 Å². The van der Waals surface area contributed by atoms with E-state index in [0.29, 0.717) is 10.9 Å². The minimum Gasteiger partial charge on any atom is -0.360 e. The largest absolute Gasteiger partial charge is 0.360 e. The summed E-state index contributed by atoms with van der Waals surface area (Å²) in [6, 6.07) is 15.3. The van der Waals surface area contributed by atoms with Gasteiger partial charge in [0.2, 0.25) is 0 Å². The van der Waals surface area contributed by atoms with Gasteiger partial charge in [0.05, 0.1) is 5.52 Å². The Hall–Kier alpha value is -1.87. The van der Waals surface area contributed by atoms with E-state index >= 15 is 0 Å². The van der Waals surface area contributed by atoms with Gasteiger partial charge in [0.1, 0.15) is 0 Å². The van der Waals surface area contributed by atoms with E-state index in [1.54, 1.807) is 6.20 Å². The zero-order chi connectivity index (χ0) is 12.5. The van der Waals surface area contributed by atoms with Gasteiger partial charge in [-0.3, -0.25) is 4.79 Å². The lowest BCUT2D eigenvalue weighted by molar-refractivity contribution is 1.38. The van der Waals surface area contributed by atoms with E-state index in [1.165, 1.54) is 0 Å². The van der Waals surface area contributed by atoms with Crippen LogP contribution in [-0.2, 0) is 0 Å². The van der Waals surface area contributed by atoms with E-state index < -0.39 is 0 Å². The molecule has 1 aromatic heterocycles. The normalized spacial score (nSPS) is 10.7. The van der Waals surface area contributed by atoms with Gasteiger partial charge in [0, 0.05) is 21.6 Å².